The molecule has 2 aliphatic rings. The van der Waals surface area contributed by atoms with E-state index in [4.69, 9.17) is 14.2 Å². The standard InChI is InChI=1S/C32H37NO4/c1-35-26-11-6-23(7-12-26)29-16-10-25-22-28(36-2)15-17-30(25)31(29)32(34)24-8-13-27(14-9-24)37-21-20-33-18-4-3-5-19-33/h6-13,15-17,22,27,32,34H,3-5,14,18-21H2,1-2H3. The van der Waals surface area contributed by atoms with Gasteiger partial charge in [-0.15, -0.1) is 0 Å². The van der Waals surface area contributed by atoms with Gasteiger partial charge in [-0.05, 0) is 84.1 Å². The molecule has 2 unspecified atom stereocenters. The molecule has 1 heterocycles. The van der Waals surface area contributed by atoms with E-state index in [9.17, 15) is 5.11 Å². The van der Waals surface area contributed by atoms with E-state index in [0.29, 0.717) is 0 Å². The fourth-order valence-corrected chi connectivity index (χ4v) is 5.40. The number of aliphatic hydroxyl groups excluding tert-OH is 1. The number of hydrogen-bond donors (Lipinski definition) is 1. The fourth-order valence-electron chi connectivity index (χ4n) is 5.40. The second-order valence-corrected chi connectivity index (χ2v) is 9.86. The van der Waals surface area contributed by atoms with Gasteiger partial charge in [0.2, 0.25) is 0 Å². The lowest BCUT2D eigenvalue weighted by Gasteiger charge is -2.27. The SMILES string of the molecule is COc1ccc(-c2ccc3cc(OC)ccc3c2C(O)C2=CCC(OCCN3CCCCC3)C=C2)cc1. The van der Waals surface area contributed by atoms with Crippen molar-refractivity contribution in [1.82, 2.24) is 4.90 Å². The van der Waals surface area contributed by atoms with Crippen LogP contribution in [0.2, 0.25) is 0 Å². The molecule has 5 heteroatoms. The molecule has 0 spiro atoms. The van der Waals surface area contributed by atoms with Crippen LogP contribution in [0, 0.1) is 0 Å². The van der Waals surface area contributed by atoms with E-state index in [1.165, 1.54) is 32.4 Å². The van der Waals surface area contributed by atoms with Crippen molar-refractivity contribution >= 4 is 10.8 Å². The zero-order valence-electron chi connectivity index (χ0n) is 21.9. The van der Waals surface area contributed by atoms with Crippen LogP contribution in [-0.4, -0.2) is 56.6 Å². The lowest BCUT2D eigenvalue weighted by atomic mass is 9.86. The summed E-state index contributed by atoms with van der Waals surface area (Å²) in [5.41, 5.74) is 3.83. The topological polar surface area (TPSA) is 51.2 Å². The molecule has 3 aromatic carbocycles. The minimum Gasteiger partial charge on any atom is -0.497 e. The third kappa shape index (κ3) is 5.90. The second kappa shape index (κ2) is 12.0. The molecule has 0 amide bonds. The molecule has 37 heavy (non-hydrogen) atoms. The van der Waals surface area contributed by atoms with Gasteiger partial charge in [-0.1, -0.05) is 55.0 Å². The molecular formula is C32H37NO4. The number of nitrogens with zero attached hydrogens (tertiary/aromatic N) is 1. The first-order chi connectivity index (χ1) is 18.2. The van der Waals surface area contributed by atoms with Gasteiger partial charge in [0.1, 0.15) is 17.6 Å². The van der Waals surface area contributed by atoms with Gasteiger partial charge >= 0.3 is 0 Å². The van der Waals surface area contributed by atoms with Crippen LogP contribution in [0.5, 0.6) is 11.5 Å². The van der Waals surface area contributed by atoms with Gasteiger partial charge in [0.25, 0.3) is 0 Å². The summed E-state index contributed by atoms with van der Waals surface area (Å²) < 4.78 is 16.9. The van der Waals surface area contributed by atoms with Gasteiger partial charge in [-0.3, -0.25) is 0 Å². The van der Waals surface area contributed by atoms with Gasteiger partial charge in [0.15, 0.2) is 0 Å². The largest absolute Gasteiger partial charge is 0.497 e. The lowest BCUT2D eigenvalue weighted by molar-refractivity contribution is 0.0605. The molecule has 0 radical (unpaired) electrons. The Labute approximate surface area is 220 Å². The Morgan fingerprint density at radius 3 is 2.38 bits per heavy atom. The van der Waals surface area contributed by atoms with Crippen LogP contribution in [0.1, 0.15) is 37.4 Å². The molecule has 2 atom stereocenters. The number of ether oxygens (including phenoxy) is 3. The van der Waals surface area contributed by atoms with Crippen LogP contribution in [0.4, 0.5) is 0 Å². The van der Waals surface area contributed by atoms with Crippen molar-refractivity contribution in [3.05, 3.63) is 84.0 Å². The number of fused-ring (bicyclic) bond motifs is 1. The van der Waals surface area contributed by atoms with Crippen molar-refractivity contribution in [2.45, 2.75) is 37.9 Å². The fraction of sp³-hybridized carbons (Fsp3) is 0.375. The zero-order chi connectivity index (χ0) is 25.6. The highest BCUT2D eigenvalue weighted by Crippen LogP contribution is 2.40. The van der Waals surface area contributed by atoms with E-state index >= 15 is 0 Å². The van der Waals surface area contributed by atoms with E-state index in [2.05, 4.69) is 29.2 Å². The Kier molecular flexibility index (Phi) is 8.24. The summed E-state index contributed by atoms with van der Waals surface area (Å²) >= 11 is 0. The van der Waals surface area contributed by atoms with Crippen molar-refractivity contribution in [3.8, 4) is 22.6 Å². The Balaban J connectivity index is 1.37. The summed E-state index contributed by atoms with van der Waals surface area (Å²) in [5.74, 6) is 1.60. The molecule has 1 aliphatic carbocycles. The number of benzene rings is 3. The zero-order valence-corrected chi connectivity index (χ0v) is 21.9. The molecule has 0 saturated carbocycles. The van der Waals surface area contributed by atoms with Crippen LogP contribution in [-0.2, 0) is 4.74 Å². The quantitative estimate of drug-likeness (QED) is 0.374. The molecule has 0 aromatic heterocycles. The molecule has 1 N–H and O–H groups in total. The lowest BCUT2D eigenvalue weighted by Crippen LogP contribution is -2.33. The predicted molar refractivity (Wildman–Crippen MR) is 149 cm³/mol. The highest BCUT2D eigenvalue weighted by atomic mass is 16.5. The maximum atomic E-state index is 11.7. The van der Waals surface area contributed by atoms with E-state index in [1.54, 1.807) is 14.2 Å². The number of rotatable bonds is 9. The molecule has 1 saturated heterocycles. The second-order valence-electron chi connectivity index (χ2n) is 9.86. The first-order valence-corrected chi connectivity index (χ1v) is 13.3. The van der Waals surface area contributed by atoms with Gasteiger partial charge in [-0.2, -0.15) is 0 Å². The average Bonchev–Trinajstić information content (AvgIpc) is 2.97. The maximum Gasteiger partial charge on any atom is 0.119 e. The Morgan fingerprint density at radius 2 is 1.68 bits per heavy atom. The van der Waals surface area contributed by atoms with Crippen molar-refractivity contribution in [2.75, 3.05) is 40.5 Å². The van der Waals surface area contributed by atoms with Gasteiger partial charge in [0, 0.05) is 12.1 Å². The monoisotopic (exact) mass is 499 g/mol. The van der Waals surface area contributed by atoms with E-state index in [-0.39, 0.29) is 6.10 Å². The molecule has 5 rings (SSSR count). The minimum atomic E-state index is -0.764. The summed E-state index contributed by atoms with van der Waals surface area (Å²) in [6.07, 6.45) is 10.2. The number of likely N-dealkylation sites (tertiary alicyclic amines) is 1. The number of aliphatic hydroxyl groups is 1. The number of hydrogen-bond acceptors (Lipinski definition) is 5. The third-order valence-corrected chi connectivity index (χ3v) is 7.54. The van der Waals surface area contributed by atoms with Crippen molar-refractivity contribution in [2.24, 2.45) is 0 Å². The Bertz CT molecular complexity index is 1260. The molecule has 194 valence electrons. The Morgan fingerprint density at radius 1 is 0.919 bits per heavy atom. The van der Waals surface area contributed by atoms with E-state index in [1.807, 2.05) is 48.5 Å². The first-order valence-electron chi connectivity index (χ1n) is 13.3. The maximum absolute atomic E-state index is 11.7. The summed E-state index contributed by atoms with van der Waals surface area (Å²) in [7, 11) is 3.34. The highest BCUT2D eigenvalue weighted by Gasteiger charge is 2.22. The average molecular weight is 500 g/mol. The van der Waals surface area contributed by atoms with E-state index < -0.39 is 6.10 Å². The van der Waals surface area contributed by atoms with Crippen molar-refractivity contribution in [1.29, 1.82) is 0 Å². The van der Waals surface area contributed by atoms with Crippen LogP contribution in [0.3, 0.4) is 0 Å². The molecule has 5 nitrogen and oxygen atoms in total. The van der Waals surface area contributed by atoms with Crippen molar-refractivity contribution in [3.63, 3.8) is 0 Å². The van der Waals surface area contributed by atoms with Crippen molar-refractivity contribution < 1.29 is 19.3 Å². The van der Waals surface area contributed by atoms with Gasteiger partial charge in [0.05, 0.1) is 26.9 Å². The molecule has 1 aliphatic heterocycles. The third-order valence-electron chi connectivity index (χ3n) is 7.54. The summed E-state index contributed by atoms with van der Waals surface area (Å²) in [6, 6.07) is 18.2. The molecular weight excluding hydrogens is 462 g/mol. The predicted octanol–water partition coefficient (Wildman–Crippen LogP) is 6.31. The molecule has 1 fully saturated rings. The van der Waals surface area contributed by atoms with Crippen LogP contribution < -0.4 is 9.47 Å². The highest BCUT2D eigenvalue weighted by molar-refractivity contribution is 5.93. The van der Waals surface area contributed by atoms with Crippen LogP contribution in [0.15, 0.2) is 78.4 Å². The van der Waals surface area contributed by atoms with Crippen LogP contribution >= 0.6 is 0 Å². The van der Waals surface area contributed by atoms with Gasteiger partial charge in [-0.25, -0.2) is 0 Å². The van der Waals surface area contributed by atoms with Crippen LogP contribution in [0.25, 0.3) is 21.9 Å². The normalized spacial score (nSPS) is 19.0. The number of methoxy groups -OCH3 is 2. The molecule has 3 aromatic rings. The molecule has 0 bridgehead atoms. The Hall–Kier alpha value is -3.12. The van der Waals surface area contributed by atoms with E-state index in [0.717, 1.165) is 64.1 Å². The first kappa shape index (κ1) is 25.5. The smallest absolute Gasteiger partial charge is 0.119 e. The minimum absolute atomic E-state index is 0.0542. The summed E-state index contributed by atoms with van der Waals surface area (Å²) in [6.45, 7) is 4.11. The van der Waals surface area contributed by atoms with Gasteiger partial charge < -0.3 is 24.2 Å². The number of piperidine rings is 1. The summed E-state index contributed by atoms with van der Waals surface area (Å²) in [4.78, 5) is 2.50. The summed E-state index contributed by atoms with van der Waals surface area (Å²) in [5, 5.41) is 13.8.